The average Bonchev–Trinajstić information content (AvgIpc) is 3.68. The van der Waals surface area contributed by atoms with E-state index in [-0.39, 0.29) is 17.9 Å². The van der Waals surface area contributed by atoms with E-state index in [1.54, 1.807) is 11.8 Å². The molecule has 0 atom stereocenters. The van der Waals surface area contributed by atoms with E-state index in [1.807, 2.05) is 29.2 Å². The van der Waals surface area contributed by atoms with Crippen molar-refractivity contribution in [2.45, 2.75) is 37.6 Å². The monoisotopic (exact) mass is 515 g/mol. The molecule has 6 rings (SSSR count). The molecular weight excluding hydrogens is 482 g/mol. The second-order valence-corrected chi connectivity index (χ2v) is 10.4. The number of aromatic nitrogens is 2. The van der Waals surface area contributed by atoms with Crippen molar-refractivity contribution in [3.05, 3.63) is 76.0 Å². The largest absolute Gasteiger partial charge is 0.497 e. The molecule has 0 unspecified atom stereocenters. The first kappa shape index (κ1) is 24.8. The lowest BCUT2D eigenvalue weighted by Gasteiger charge is -2.29. The Kier molecular flexibility index (Phi) is 6.71. The summed E-state index contributed by atoms with van der Waals surface area (Å²) in [7, 11) is 1.61. The van der Waals surface area contributed by atoms with Gasteiger partial charge in [0.25, 0.3) is 5.91 Å². The van der Waals surface area contributed by atoms with Crippen molar-refractivity contribution in [1.29, 1.82) is 0 Å². The van der Waals surface area contributed by atoms with Gasteiger partial charge in [0.1, 0.15) is 18.0 Å². The average molecular weight is 516 g/mol. The first-order chi connectivity index (χ1) is 18.6. The molecule has 0 N–H and O–H groups in total. The van der Waals surface area contributed by atoms with E-state index in [0.717, 1.165) is 62.0 Å². The predicted molar refractivity (Wildman–Crippen MR) is 144 cm³/mol. The van der Waals surface area contributed by atoms with Crippen LogP contribution in [0.3, 0.4) is 0 Å². The van der Waals surface area contributed by atoms with Gasteiger partial charge in [0, 0.05) is 30.9 Å². The Morgan fingerprint density at radius 1 is 1.00 bits per heavy atom. The molecule has 38 heavy (non-hydrogen) atoms. The first-order valence-corrected chi connectivity index (χ1v) is 13.4. The minimum Gasteiger partial charge on any atom is -0.497 e. The number of fused-ring (bicyclic) bond motifs is 1. The number of nitrogens with zero attached hydrogens (tertiary/aromatic N) is 5. The van der Waals surface area contributed by atoms with Crippen LogP contribution in [-0.4, -0.2) is 67.1 Å². The highest BCUT2D eigenvalue weighted by Crippen LogP contribution is 2.51. The van der Waals surface area contributed by atoms with Crippen LogP contribution in [-0.2, 0) is 23.1 Å². The standard InChI is InChI=1S/C29H33N5O4/c1-37-24-8-6-23(7-9-24)34-27-25(26(31-34)20-30-36)10-14-33(28(27)35)22-4-2-21(3-5-22)29(11-12-29)13-15-32-16-18-38-19-17-32/h2-9H,10-20H2,1H3. The van der Waals surface area contributed by atoms with Crippen LogP contribution in [0.4, 0.5) is 5.69 Å². The minimum atomic E-state index is -0.118. The van der Waals surface area contributed by atoms with Gasteiger partial charge in [-0.3, -0.25) is 9.69 Å². The summed E-state index contributed by atoms with van der Waals surface area (Å²) in [5, 5.41) is 7.68. The van der Waals surface area contributed by atoms with Gasteiger partial charge in [0.15, 0.2) is 0 Å². The number of benzene rings is 2. The minimum absolute atomic E-state index is 0.0556. The molecule has 0 radical (unpaired) electrons. The van der Waals surface area contributed by atoms with Crippen molar-refractivity contribution < 1.29 is 14.3 Å². The van der Waals surface area contributed by atoms with E-state index in [4.69, 9.17) is 9.47 Å². The third kappa shape index (κ3) is 4.61. The molecule has 0 bridgehead atoms. The van der Waals surface area contributed by atoms with Gasteiger partial charge in [-0.2, -0.15) is 10.0 Å². The lowest BCUT2D eigenvalue weighted by molar-refractivity contribution is 0.0362. The van der Waals surface area contributed by atoms with Gasteiger partial charge in [-0.15, -0.1) is 0 Å². The number of methoxy groups -OCH3 is 1. The van der Waals surface area contributed by atoms with Crippen LogP contribution in [0.5, 0.6) is 5.75 Å². The van der Waals surface area contributed by atoms with E-state index in [9.17, 15) is 9.70 Å². The van der Waals surface area contributed by atoms with Crippen molar-refractivity contribution in [2.75, 3.05) is 51.4 Å². The van der Waals surface area contributed by atoms with Crippen molar-refractivity contribution in [3.8, 4) is 11.4 Å². The van der Waals surface area contributed by atoms with Gasteiger partial charge >= 0.3 is 0 Å². The van der Waals surface area contributed by atoms with E-state index < -0.39 is 0 Å². The molecule has 3 aromatic rings. The molecule has 1 aliphatic carbocycles. The summed E-state index contributed by atoms with van der Waals surface area (Å²) >= 11 is 0. The topological polar surface area (TPSA) is 89.3 Å². The molecule has 2 aromatic carbocycles. The lowest BCUT2D eigenvalue weighted by Crippen LogP contribution is -2.39. The van der Waals surface area contributed by atoms with Gasteiger partial charge in [-0.1, -0.05) is 17.3 Å². The summed E-state index contributed by atoms with van der Waals surface area (Å²) in [4.78, 5) is 29.3. The Balaban J connectivity index is 1.23. The quantitative estimate of drug-likeness (QED) is 0.399. The predicted octanol–water partition coefficient (Wildman–Crippen LogP) is 4.10. The molecule has 1 aromatic heterocycles. The second-order valence-electron chi connectivity index (χ2n) is 10.4. The maximum atomic E-state index is 13.8. The fraction of sp³-hybridized carbons (Fsp3) is 0.448. The molecule has 2 aliphatic heterocycles. The third-order valence-corrected chi connectivity index (χ3v) is 8.29. The number of amides is 1. The number of hydrogen-bond donors (Lipinski definition) is 0. The highest BCUT2D eigenvalue weighted by Gasteiger charge is 2.44. The van der Waals surface area contributed by atoms with Crippen molar-refractivity contribution in [2.24, 2.45) is 5.18 Å². The summed E-state index contributed by atoms with van der Waals surface area (Å²) in [5.41, 5.74) is 5.10. The molecule has 1 amide bonds. The number of nitroso groups, excluding NO2 is 1. The van der Waals surface area contributed by atoms with Crippen LogP contribution in [0.2, 0.25) is 0 Å². The summed E-state index contributed by atoms with van der Waals surface area (Å²) < 4.78 is 12.4. The first-order valence-electron chi connectivity index (χ1n) is 13.4. The van der Waals surface area contributed by atoms with Gasteiger partial charge in [-0.25, -0.2) is 4.68 Å². The zero-order valence-corrected chi connectivity index (χ0v) is 21.8. The Morgan fingerprint density at radius 2 is 1.71 bits per heavy atom. The molecule has 9 heteroatoms. The molecule has 1 saturated carbocycles. The molecule has 3 aliphatic rings. The molecule has 0 spiro atoms. The normalized spacial score (nSPS) is 18.8. The zero-order valence-electron chi connectivity index (χ0n) is 21.8. The Labute approximate surface area is 222 Å². The van der Waals surface area contributed by atoms with Gasteiger partial charge in [-0.05, 0) is 79.6 Å². The summed E-state index contributed by atoms with van der Waals surface area (Å²) in [6.45, 7) is 5.28. The van der Waals surface area contributed by atoms with Crippen molar-refractivity contribution >= 4 is 11.6 Å². The van der Waals surface area contributed by atoms with Gasteiger partial charge in [0.05, 0.1) is 31.7 Å². The van der Waals surface area contributed by atoms with Crippen LogP contribution in [0.1, 0.15) is 46.6 Å². The third-order valence-electron chi connectivity index (χ3n) is 8.29. The summed E-state index contributed by atoms with van der Waals surface area (Å²) in [6.07, 6.45) is 4.22. The molecule has 9 nitrogen and oxygen atoms in total. The number of carbonyl (C=O) groups is 1. The van der Waals surface area contributed by atoms with E-state index >= 15 is 0 Å². The number of ether oxygens (including phenoxy) is 2. The fourth-order valence-corrected chi connectivity index (χ4v) is 5.80. The van der Waals surface area contributed by atoms with E-state index in [2.05, 4.69) is 39.4 Å². The maximum Gasteiger partial charge on any atom is 0.277 e. The summed E-state index contributed by atoms with van der Waals surface area (Å²) in [5.74, 6) is 0.601. The molecule has 198 valence electrons. The number of anilines is 1. The van der Waals surface area contributed by atoms with Crippen LogP contribution in [0.25, 0.3) is 5.69 Å². The van der Waals surface area contributed by atoms with Crippen molar-refractivity contribution in [3.63, 3.8) is 0 Å². The number of carbonyl (C=O) groups excluding carboxylic acids is 1. The zero-order chi connectivity index (χ0) is 26.1. The fourth-order valence-electron chi connectivity index (χ4n) is 5.80. The Morgan fingerprint density at radius 3 is 2.37 bits per heavy atom. The molecule has 2 fully saturated rings. The maximum absolute atomic E-state index is 13.8. The SMILES string of the molecule is COc1ccc(-n2nc(CN=O)c3c2C(=O)N(c2ccc(C4(CCN5CCOCC5)CC4)cc2)CC3)cc1. The number of morpholine rings is 1. The number of hydrogen-bond acceptors (Lipinski definition) is 7. The van der Waals surface area contributed by atoms with Crippen LogP contribution < -0.4 is 9.64 Å². The van der Waals surface area contributed by atoms with Crippen LogP contribution >= 0.6 is 0 Å². The lowest BCUT2D eigenvalue weighted by atomic mass is 9.91. The highest BCUT2D eigenvalue weighted by molar-refractivity contribution is 6.07. The highest BCUT2D eigenvalue weighted by atomic mass is 16.5. The van der Waals surface area contributed by atoms with Gasteiger partial charge < -0.3 is 14.4 Å². The van der Waals surface area contributed by atoms with Crippen LogP contribution in [0, 0.1) is 4.91 Å². The Hall–Kier alpha value is -3.56. The molecule has 3 heterocycles. The van der Waals surface area contributed by atoms with Crippen molar-refractivity contribution in [1.82, 2.24) is 14.7 Å². The van der Waals surface area contributed by atoms with E-state index in [0.29, 0.717) is 24.4 Å². The smallest absolute Gasteiger partial charge is 0.277 e. The molecule has 1 saturated heterocycles. The Bertz CT molecular complexity index is 1310. The number of rotatable bonds is 9. The van der Waals surface area contributed by atoms with Crippen LogP contribution in [0.15, 0.2) is 53.7 Å². The van der Waals surface area contributed by atoms with E-state index in [1.165, 1.54) is 18.4 Å². The molecular formula is C29H33N5O4. The van der Waals surface area contributed by atoms with Gasteiger partial charge in [0.2, 0.25) is 0 Å². The second kappa shape index (κ2) is 10.3. The summed E-state index contributed by atoms with van der Waals surface area (Å²) in [6, 6.07) is 15.9.